The zero-order chi connectivity index (χ0) is 18.6. The van der Waals surface area contributed by atoms with Crippen molar-refractivity contribution in [1.82, 2.24) is 0 Å². The molecule has 0 heterocycles. The van der Waals surface area contributed by atoms with Crippen LogP contribution in [0.25, 0.3) is 0 Å². The summed E-state index contributed by atoms with van der Waals surface area (Å²) in [5.41, 5.74) is 0.774. The molecule has 1 unspecified atom stereocenters. The zero-order valence-corrected chi connectivity index (χ0v) is 13.7. The van der Waals surface area contributed by atoms with Crippen LogP contribution >= 0.6 is 0 Å². The molecule has 2 aromatic carbocycles. The molecule has 0 saturated heterocycles. The molecule has 0 fully saturated rings. The molecule has 0 amide bonds. The van der Waals surface area contributed by atoms with Crippen LogP contribution in [-0.2, 0) is 4.74 Å². The van der Waals surface area contributed by atoms with E-state index in [1.54, 1.807) is 0 Å². The van der Waals surface area contributed by atoms with Gasteiger partial charge in [0.05, 0.1) is 28.1 Å². The minimum atomic E-state index is -0.841. The molecule has 0 N–H and O–H groups in total. The summed E-state index contributed by atoms with van der Waals surface area (Å²) in [5.74, 6) is -0.925. The van der Waals surface area contributed by atoms with E-state index in [0.717, 1.165) is 29.3 Å². The Morgan fingerprint density at radius 3 is 2.16 bits per heavy atom. The molecule has 0 radical (unpaired) electrons. The lowest BCUT2D eigenvalue weighted by atomic mass is 9.97. The van der Waals surface area contributed by atoms with Crippen LogP contribution in [0.2, 0.25) is 0 Å². The highest BCUT2D eigenvalue weighted by atomic mass is 16.6. The van der Waals surface area contributed by atoms with E-state index in [-0.39, 0.29) is 18.1 Å². The molecule has 0 bridgehead atoms. The highest BCUT2D eigenvalue weighted by molar-refractivity contribution is 5.91. The Hall–Kier alpha value is -3.29. The zero-order valence-electron chi connectivity index (χ0n) is 13.7. The molecule has 8 nitrogen and oxygen atoms in total. The number of hydrogen-bond acceptors (Lipinski definition) is 6. The van der Waals surface area contributed by atoms with Crippen LogP contribution < -0.4 is 0 Å². The van der Waals surface area contributed by atoms with Crippen LogP contribution in [0.1, 0.15) is 34.3 Å². The number of nitro groups is 2. The molecule has 0 aliphatic heterocycles. The van der Waals surface area contributed by atoms with Gasteiger partial charge in [0.25, 0.3) is 11.4 Å². The maximum Gasteiger partial charge on any atom is 0.338 e. The molecule has 0 spiro atoms. The van der Waals surface area contributed by atoms with Crippen LogP contribution in [-0.4, -0.2) is 22.4 Å². The standard InChI is InChI=1S/C17H16N2O6/c1-11-5-3-4-6-16(11)12(2)10-25-17(20)13-7-14(18(21)22)9-15(8-13)19(23)24/h3-9,12H,10H2,1-2H3. The fraction of sp³-hybridized carbons (Fsp3) is 0.235. The first-order chi connectivity index (χ1) is 11.8. The van der Waals surface area contributed by atoms with Crippen molar-refractivity contribution in [3.63, 3.8) is 0 Å². The lowest BCUT2D eigenvalue weighted by Crippen LogP contribution is -2.12. The average Bonchev–Trinajstić information content (AvgIpc) is 2.59. The number of carbonyl (C=O) groups excluding carboxylic acids is 1. The highest BCUT2D eigenvalue weighted by Crippen LogP contribution is 2.24. The normalized spacial score (nSPS) is 11.6. The number of benzene rings is 2. The van der Waals surface area contributed by atoms with Gasteiger partial charge in [0, 0.05) is 18.1 Å². The van der Waals surface area contributed by atoms with Crippen LogP contribution in [0.15, 0.2) is 42.5 Å². The van der Waals surface area contributed by atoms with E-state index in [0.29, 0.717) is 0 Å². The molecular weight excluding hydrogens is 328 g/mol. The third kappa shape index (κ3) is 4.37. The number of nitro benzene ring substituents is 2. The fourth-order valence-electron chi connectivity index (χ4n) is 2.44. The van der Waals surface area contributed by atoms with Crippen molar-refractivity contribution in [3.05, 3.63) is 79.4 Å². The van der Waals surface area contributed by atoms with Gasteiger partial charge in [-0.05, 0) is 18.1 Å². The minimum absolute atomic E-state index is 0.0557. The third-order valence-electron chi connectivity index (χ3n) is 3.74. The van der Waals surface area contributed by atoms with Gasteiger partial charge in [0.1, 0.15) is 0 Å². The second kappa shape index (κ2) is 7.52. The number of nitrogens with zero attached hydrogens (tertiary/aromatic N) is 2. The first-order valence-electron chi connectivity index (χ1n) is 7.46. The van der Waals surface area contributed by atoms with E-state index < -0.39 is 27.2 Å². The number of hydrogen-bond donors (Lipinski definition) is 0. The number of rotatable bonds is 6. The molecule has 0 aliphatic carbocycles. The quantitative estimate of drug-likeness (QED) is 0.448. The molecule has 25 heavy (non-hydrogen) atoms. The van der Waals surface area contributed by atoms with Gasteiger partial charge >= 0.3 is 5.97 Å². The summed E-state index contributed by atoms with van der Waals surface area (Å²) in [6.45, 7) is 3.88. The summed E-state index contributed by atoms with van der Waals surface area (Å²) in [7, 11) is 0. The van der Waals surface area contributed by atoms with Crippen molar-refractivity contribution in [2.45, 2.75) is 19.8 Å². The van der Waals surface area contributed by atoms with Crippen molar-refractivity contribution >= 4 is 17.3 Å². The minimum Gasteiger partial charge on any atom is -0.461 e. The fourth-order valence-corrected chi connectivity index (χ4v) is 2.44. The number of aryl methyl sites for hydroxylation is 1. The van der Waals surface area contributed by atoms with Gasteiger partial charge < -0.3 is 4.74 Å². The number of carbonyl (C=O) groups is 1. The van der Waals surface area contributed by atoms with Gasteiger partial charge in [-0.1, -0.05) is 31.2 Å². The summed E-state index contributed by atoms with van der Waals surface area (Å²) in [4.78, 5) is 32.3. The Morgan fingerprint density at radius 1 is 1.08 bits per heavy atom. The van der Waals surface area contributed by atoms with Crippen molar-refractivity contribution in [3.8, 4) is 0 Å². The van der Waals surface area contributed by atoms with E-state index in [1.165, 1.54) is 0 Å². The molecule has 2 aromatic rings. The molecule has 0 aromatic heterocycles. The number of esters is 1. The first-order valence-corrected chi connectivity index (χ1v) is 7.46. The summed E-state index contributed by atoms with van der Waals surface area (Å²) in [6.07, 6.45) is 0. The van der Waals surface area contributed by atoms with E-state index in [2.05, 4.69) is 0 Å². The first kappa shape index (κ1) is 18.1. The Kier molecular flexibility index (Phi) is 5.43. The van der Waals surface area contributed by atoms with Crippen molar-refractivity contribution in [1.29, 1.82) is 0 Å². The largest absolute Gasteiger partial charge is 0.461 e. The van der Waals surface area contributed by atoms with E-state index in [4.69, 9.17) is 4.74 Å². The number of non-ortho nitro benzene ring substituents is 2. The lowest BCUT2D eigenvalue weighted by Gasteiger charge is -2.14. The summed E-state index contributed by atoms with van der Waals surface area (Å²) >= 11 is 0. The topological polar surface area (TPSA) is 113 Å². The molecule has 0 saturated carbocycles. The van der Waals surface area contributed by atoms with Gasteiger partial charge in [0.2, 0.25) is 0 Å². The van der Waals surface area contributed by atoms with E-state index in [1.807, 2.05) is 38.1 Å². The number of ether oxygens (including phenoxy) is 1. The second-order valence-corrected chi connectivity index (χ2v) is 5.61. The average molecular weight is 344 g/mol. The third-order valence-corrected chi connectivity index (χ3v) is 3.74. The van der Waals surface area contributed by atoms with Gasteiger partial charge in [0.15, 0.2) is 0 Å². The van der Waals surface area contributed by atoms with Gasteiger partial charge in [-0.2, -0.15) is 0 Å². The molecule has 2 rings (SSSR count). The van der Waals surface area contributed by atoms with Crippen molar-refractivity contribution in [2.75, 3.05) is 6.61 Å². The van der Waals surface area contributed by atoms with Gasteiger partial charge in [-0.25, -0.2) is 4.79 Å². The van der Waals surface area contributed by atoms with Crippen LogP contribution in [0.4, 0.5) is 11.4 Å². The lowest BCUT2D eigenvalue weighted by molar-refractivity contribution is -0.394. The Balaban J connectivity index is 2.16. The predicted octanol–water partition coefficient (Wildman–Crippen LogP) is 3.77. The predicted molar refractivity (Wildman–Crippen MR) is 89.6 cm³/mol. The second-order valence-electron chi connectivity index (χ2n) is 5.61. The molecular formula is C17H16N2O6. The maximum absolute atomic E-state index is 12.1. The Morgan fingerprint density at radius 2 is 1.64 bits per heavy atom. The Bertz CT molecular complexity index is 801. The molecule has 8 heteroatoms. The molecule has 130 valence electrons. The highest BCUT2D eigenvalue weighted by Gasteiger charge is 2.21. The van der Waals surface area contributed by atoms with Crippen molar-refractivity contribution < 1.29 is 19.4 Å². The molecule has 1 atom stereocenters. The SMILES string of the molecule is Cc1ccccc1C(C)COC(=O)c1cc([N+](=O)[O-])cc([N+](=O)[O-])c1. The molecule has 0 aliphatic rings. The summed E-state index contributed by atoms with van der Waals surface area (Å²) in [6, 6.07) is 10.4. The van der Waals surface area contributed by atoms with Gasteiger partial charge in [-0.15, -0.1) is 0 Å². The van der Waals surface area contributed by atoms with E-state index >= 15 is 0 Å². The van der Waals surface area contributed by atoms with Crippen molar-refractivity contribution in [2.24, 2.45) is 0 Å². The van der Waals surface area contributed by atoms with Crippen LogP contribution in [0.3, 0.4) is 0 Å². The summed E-state index contributed by atoms with van der Waals surface area (Å²) < 4.78 is 5.18. The van der Waals surface area contributed by atoms with Crippen LogP contribution in [0.5, 0.6) is 0 Å². The summed E-state index contributed by atoms with van der Waals surface area (Å²) in [5, 5.41) is 21.7. The van der Waals surface area contributed by atoms with E-state index in [9.17, 15) is 25.0 Å². The van der Waals surface area contributed by atoms with Crippen LogP contribution in [0, 0.1) is 27.2 Å². The maximum atomic E-state index is 12.1. The van der Waals surface area contributed by atoms with Gasteiger partial charge in [-0.3, -0.25) is 20.2 Å². The Labute approximate surface area is 143 Å². The monoisotopic (exact) mass is 344 g/mol. The smallest absolute Gasteiger partial charge is 0.338 e.